The SMILES string of the molecule is Cn1cc(C2=CCNCC2)c2cc(N3CCCCC3)ccc21. The number of fused-ring (bicyclic) bond motifs is 1. The summed E-state index contributed by atoms with van der Waals surface area (Å²) >= 11 is 0. The van der Waals surface area contributed by atoms with E-state index in [-0.39, 0.29) is 0 Å². The third-order valence-electron chi connectivity index (χ3n) is 5.10. The van der Waals surface area contributed by atoms with Crippen LogP contribution in [0.3, 0.4) is 0 Å². The van der Waals surface area contributed by atoms with Gasteiger partial charge >= 0.3 is 0 Å². The van der Waals surface area contributed by atoms with E-state index < -0.39 is 0 Å². The number of nitrogens with zero attached hydrogens (tertiary/aromatic N) is 2. The van der Waals surface area contributed by atoms with Crippen LogP contribution < -0.4 is 10.2 Å². The number of hydrogen-bond acceptors (Lipinski definition) is 2. The van der Waals surface area contributed by atoms with Crippen molar-refractivity contribution in [2.45, 2.75) is 25.7 Å². The van der Waals surface area contributed by atoms with Gasteiger partial charge in [-0.2, -0.15) is 0 Å². The largest absolute Gasteiger partial charge is 0.372 e. The van der Waals surface area contributed by atoms with Gasteiger partial charge in [0.05, 0.1) is 0 Å². The van der Waals surface area contributed by atoms with Crippen LogP contribution >= 0.6 is 0 Å². The number of aromatic nitrogens is 1. The Bertz CT molecular complexity index is 705. The van der Waals surface area contributed by atoms with E-state index in [1.165, 1.54) is 60.1 Å². The van der Waals surface area contributed by atoms with Crippen molar-refractivity contribution in [1.29, 1.82) is 0 Å². The Balaban J connectivity index is 1.78. The highest BCUT2D eigenvalue weighted by Gasteiger charge is 2.16. The third kappa shape index (κ3) is 2.44. The van der Waals surface area contributed by atoms with Crippen LogP contribution in [0, 0.1) is 0 Å². The number of aryl methyl sites for hydroxylation is 1. The highest BCUT2D eigenvalue weighted by atomic mass is 15.1. The van der Waals surface area contributed by atoms with Crippen molar-refractivity contribution in [1.82, 2.24) is 9.88 Å². The average molecular weight is 295 g/mol. The topological polar surface area (TPSA) is 20.2 Å². The third-order valence-corrected chi connectivity index (χ3v) is 5.10. The Morgan fingerprint density at radius 2 is 1.95 bits per heavy atom. The Morgan fingerprint density at radius 1 is 1.09 bits per heavy atom. The lowest BCUT2D eigenvalue weighted by atomic mass is 9.99. The van der Waals surface area contributed by atoms with Gasteiger partial charge in [0, 0.05) is 55.0 Å². The van der Waals surface area contributed by atoms with E-state index in [0.29, 0.717) is 0 Å². The smallest absolute Gasteiger partial charge is 0.0485 e. The summed E-state index contributed by atoms with van der Waals surface area (Å²) in [4.78, 5) is 2.55. The monoisotopic (exact) mass is 295 g/mol. The molecule has 4 rings (SSSR count). The summed E-state index contributed by atoms with van der Waals surface area (Å²) in [6.07, 6.45) is 9.84. The molecule has 0 aliphatic carbocycles. The van der Waals surface area contributed by atoms with Crippen molar-refractivity contribution in [2.75, 3.05) is 31.1 Å². The molecule has 22 heavy (non-hydrogen) atoms. The molecule has 2 aromatic rings. The molecular formula is C19H25N3. The molecule has 116 valence electrons. The van der Waals surface area contributed by atoms with Crippen molar-refractivity contribution in [3.05, 3.63) is 36.0 Å². The Hall–Kier alpha value is -1.74. The summed E-state index contributed by atoms with van der Waals surface area (Å²) in [6.45, 7) is 4.51. The summed E-state index contributed by atoms with van der Waals surface area (Å²) in [5, 5.41) is 4.83. The molecule has 2 aliphatic heterocycles. The minimum Gasteiger partial charge on any atom is -0.372 e. The van der Waals surface area contributed by atoms with Gasteiger partial charge in [0.15, 0.2) is 0 Å². The number of hydrogen-bond donors (Lipinski definition) is 1. The summed E-state index contributed by atoms with van der Waals surface area (Å²) in [6, 6.07) is 7.01. The van der Waals surface area contributed by atoms with Gasteiger partial charge < -0.3 is 14.8 Å². The molecule has 0 saturated carbocycles. The van der Waals surface area contributed by atoms with Gasteiger partial charge in [-0.05, 0) is 56.0 Å². The lowest BCUT2D eigenvalue weighted by Crippen LogP contribution is -2.29. The minimum absolute atomic E-state index is 0.998. The predicted molar refractivity (Wildman–Crippen MR) is 94.4 cm³/mol. The zero-order valence-corrected chi connectivity index (χ0v) is 13.4. The second kappa shape index (κ2) is 5.81. The summed E-state index contributed by atoms with van der Waals surface area (Å²) in [7, 11) is 2.16. The van der Waals surface area contributed by atoms with Gasteiger partial charge in [0.25, 0.3) is 0 Å². The van der Waals surface area contributed by atoms with Crippen LogP contribution in [0.4, 0.5) is 5.69 Å². The van der Waals surface area contributed by atoms with E-state index >= 15 is 0 Å². The van der Waals surface area contributed by atoms with E-state index in [4.69, 9.17) is 0 Å². The molecule has 0 radical (unpaired) electrons. The number of benzene rings is 1. The van der Waals surface area contributed by atoms with Crippen molar-refractivity contribution >= 4 is 22.2 Å². The fourth-order valence-electron chi connectivity index (χ4n) is 3.85. The number of anilines is 1. The van der Waals surface area contributed by atoms with Gasteiger partial charge in [-0.1, -0.05) is 6.08 Å². The van der Waals surface area contributed by atoms with Crippen molar-refractivity contribution in [2.24, 2.45) is 7.05 Å². The van der Waals surface area contributed by atoms with Crippen LogP contribution in [0.25, 0.3) is 16.5 Å². The van der Waals surface area contributed by atoms with Crippen LogP contribution in [0.2, 0.25) is 0 Å². The first-order valence-corrected chi connectivity index (χ1v) is 8.57. The summed E-state index contributed by atoms with van der Waals surface area (Å²) in [5.74, 6) is 0. The average Bonchev–Trinajstić information content (AvgIpc) is 2.93. The quantitative estimate of drug-likeness (QED) is 0.914. The van der Waals surface area contributed by atoms with Gasteiger partial charge in [-0.25, -0.2) is 0 Å². The minimum atomic E-state index is 0.998. The molecule has 3 heterocycles. The maximum absolute atomic E-state index is 3.41. The maximum Gasteiger partial charge on any atom is 0.0485 e. The molecule has 0 spiro atoms. The van der Waals surface area contributed by atoms with Crippen molar-refractivity contribution < 1.29 is 0 Å². The van der Waals surface area contributed by atoms with E-state index in [1.807, 2.05) is 0 Å². The van der Waals surface area contributed by atoms with E-state index in [0.717, 1.165) is 19.5 Å². The first kappa shape index (κ1) is 13.9. The van der Waals surface area contributed by atoms with Crippen LogP contribution in [0.5, 0.6) is 0 Å². The molecule has 1 fully saturated rings. The normalized spacial score (nSPS) is 19.5. The second-order valence-electron chi connectivity index (χ2n) is 6.59. The summed E-state index contributed by atoms with van der Waals surface area (Å²) in [5.41, 5.74) is 5.67. The predicted octanol–water partition coefficient (Wildman–Crippen LogP) is 3.55. The van der Waals surface area contributed by atoms with Crippen LogP contribution in [0.15, 0.2) is 30.5 Å². The molecule has 3 heteroatoms. The lowest BCUT2D eigenvalue weighted by molar-refractivity contribution is 0.578. The maximum atomic E-state index is 3.41. The molecular weight excluding hydrogens is 270 g/mol. The van der Waals surface area contributed by atoms with Crippen molar-refractivity contribution in [3.8, 4) is 0 Å². The standard InChI is InChI=1S/C19H25N3/c1-21-14-18(15-7-9-20-10-8-15)17-13-16(5-6-19(17)21)22-11-3-2-4-12-22/h5-7,13-14,20H,2-4,8-12H2,1H3. The Kier molecular flexibility index (Phi) is 3.67. The van der Waals surface area contributed by atoms with Crippen LogP contribution in [-0.2, 0) is 7.05 Å². The Morgan fingerprint density at radius 3 is 2.73 bits per heavy atom. The van der Waals surface area contributed by atoms with E-state index in [9.17, 15) is 0 Å². The highest BCUT2D eigenvalue weighted by Crippen LogP contribution is 2.33. The fraction of sp³-hybridized carbons (Fsp3) is 0.474. The molecule has 1 aromatic heterocycles. The van der Waals surface area contributed by atoms with Crippen LogP contribution in [-0.4, -0.2) is 30.7 Å². The molecule has 0 amide bonds. The number of rotatable bonds is 2. The van der Waals surface area contributed by atoms with E-state index in [2.05, 4.69) is 52.3 Å². The number of nitrogens with one attached hydrogen (secondary N) is 1. The second-order valence-corrected chi connectivity index (χ2v) is 6.59. The molecule has 1 N–H and O–H groups in total. The highest BCUT2D eigenvalue weighted by molar-refractivity contribution is 5.95. The fourth-order valence-corrected chi connectivity index (χ4v) is 3.85. The molecule has 0 bridgehead atoms. The summed E-state index contributed by atoms with van der Waals surface area (Å²) < 4.78 is 2.27. The zero-order valence-electron chi connectivity index (χ0n) is 13.4. The van der Waals surface area contributed by atoms with E-state index in [1.54, 1.807) is 0 Å². The van der Waals surface area contributed by atoms with Gasteiger partial charge in [0.1, 0.15) is 0 Å². The molecule has 1 aromatic carbocycles. The molecule has 1 saturated heterocycles. The van der Waals surface area contributed by atoms with Gasteiger partial charge in [-0.15, -0.1) is 0 Å². The Labute approximate surface area is 132 Å². The molecule has 0 unspecified atom stereocenters. The molecule has 2 aliphatic rings. The first-order chi connectivity index (χ1) is 10.8. The first-order valence-electron chi connectivity index (χ1n) is 8.57. The number of piperidine rings is 1. The molecule has 0 atom stereocenters. The lowest BCUT2D eigenvalue weighted by Gasteiger charge is -2.29. The van der Waals surface area contributed by atoms with Crippen LogP contribution in [0.1, 0.15) is 31.2 Å². The zero-order chi connectivity index (χ0) is 14.9. The van der Waals surface area contributed by atoms with Crippen molar-refractivity contribution in [3.63, 3.8) is 0 Å². The van der Waals surface area contributed by atoms with Gasteiger partial charge in [0.2, 0.25) is 0 Å². The van der Waals surface area contributed by atoms with Gasteiger partial charge in [-0.3, -0.25) is 0 Å². The molecule has 3 nitrogen and oxygen atoms in total.